The molecule has 5 N–H and O–H groups in total. The molecular weight excluding hydrogens is 532 g/mol. The first-order valence-corrected chi connectivity index (χ1v) is 14.4. The van der Waals surface area contributed by atoms with Gasteiger partial charge in [0.25, 0.3) is 0 Å². The maximum absolute atomic E-state index is 13.7. The Morgan fingerprint density at radius 1 is 1.10 bits per heavy atom. The van der Waals surface area contributed by atoms with Crippen LogP contribution in [-0.4, -0.2) is 64.1 Å². The Balaban J connectivity index is 1.55. The minimum atomic E-state index is -4.02. The van der Waals surface area contributed by atoms with Crippen LogP contribution in [0.2, 0.25) is 0 Å². The highest BCUT2D eigenvalue weighted by molar-refractivity contribution is 7.89. The molecule has 212 valence electrons. The van der Waals surface area contributed by atoms with Crippen LogP contribution >= 0.6 is 0 Å². The molecule has 11 nitrogen and oxygen atoms in total. The summed E-state index contributed by atoms with van der Waals surface area (Å²) in [6, 6.07) is 16.5. The monoisotopic (exact) mass is 566 g/mol. The molecule has 1 amide bonds. The fourth-order valence-corrected chi connectivity index (χ4v) is 5.96. The van der Waals surface area contributed by atoms with Crippen molar-refractivity contribution in [3.63, 3.8) is 0 Å². The lowest BCUT2D eigenvalue weighted by atomic mass is 10.0. The van der Waals surface area contributed by atoms with Gasteiger partial charge in [-0.15, -0.1) is 0 Å². The van der Waals surface area contributed by atoms with E-state index in [9.17, 15) is 18.3 Å². The van der Waals surface area contributed by atoms with Crippen molar-refractivity contribution in [2.75, 3.05) is 18.8 Å². The highest BCUT2D eigenvalue weighted by Crippen LogP contribution is 2.23. The van der Waals surface area contributed by atoms with E-state index in [1.807, 2.05) is 44.2 Å². The Morgan fingerprint density at radius 3 is 2.55 bits per heavy atom. The molecule has 40 heavy (non-hydrogen) atoms. The zero-order valence-electron chi connectivity index (χ0n) is 22.4. The number of fused-ring (bicyclic) bond motifs is 1. The smallest absolute Gasteiger partial charge is 0.407 e. The molecule has 2 heterocycles. The highest BCUT2D eigenvalue weighted by atomic mass is 32.2. The van der Waals surface area contributed by atoms with E-state index in [0.717, 1.165) is 5.56 Å². The number of H-pyrrole nitrogens is 1. The Bertz CT molecular complexity index is 1510. The number of imidazole rings is 1. The lowest BCUT2D eigenvalue weighted by Crippen LogP contribution is -2.51. The highest BCUT2D eigenvalue weighted by Gasteiger charge is 2.32. The molecule has 2 atom stereocenters. The maximum atomic E-state index is 13.7. The topological polar surface area (TPSA) is 164 Å². The van der Waals surface area contributed by atoms with Crippen molar-refractivity contribution in [3.05, 3.63) is 84.2 Å². The molecule has 12 heteroatoms. The lowest BCUT2D eigenvalue weighted by Gasteiger charge is -2.30. The van der Waals surface area contributed by atoms with E-state index in [2.05, 4.69) is 20.3 Å². The second kappa shape index (κ2) is 12.9. The summed E-state index contributed by atoms with van der Waals surface area (Å²) in [5.74, 6) is 0.155. The zero-order chi connectivity index (χ0) is 28.7. The van der Waals surface area contributed by atoms with Crippen molar-refractivity contribution in [1.82, 2.24) is 24.6 Å². The number of nitrogens with two attached hydrogens (primary N) is 1. The first-order chi connectivity index (χ1) is 19.1. The van der Waals surface area contributed by atoms with Gasteiger partial charge in [0.1, 0.15) is 6.61 Å². The number of amides is 1. The fourth-order valence-electron chi connectivity index (χ4n) is 4.31. The van der Waals surface area contributed by atoms with E-state index in [0.29, 0.717) is 16.6 Å². The molecule has 0 aliphatic carbocycles. The number of nitrogens with one attached hydrogen (secondary N) is 2. The molecule has 2 aromatic heterocycles. The number of nitrogen functional groups attached to an aromatic ring is 1. The number of rotatable bonds is 12. The van der Waals surface area contributed by atoms with E-state index in [1.165, 1.54) is 16.4 Å². The normalized spacial score (nSPS) is 13.4. The van der Waals surface area contributed by atoms with Crippen LogP contribution < -0.4 is 11.1 Å². The van der Waals surface area contributed by atoms with Crippen LogP contribution in [0.4, 0.5) is 10.7 Å². The molecule has 0 bridgehead atoms. The predicted octanol–water partition coefficient (Wildman–Crippen LogP) is 3.09. The molecule has 2 aromatic carbocycles. The lowest BCUT2D eigenvalue weighted by molar-refractivity contribution is 0.0873. The average molecular weight is 567 g/mol. The van der Waals surface area contributed by atoms with Crippen LogP contribution in [0.25, 0.3) is 11.0 Å². The van der Waals surface area contributed by atoms with Gasteiger partial charge in [-0.05, 0) is 42.2 Å². The second-order valence-corrected chi connectivity index (χ2v) is 11.9. The number of pyridine rings is 1. The van der Waals surface area contributed by atoms with Gasteiger partial charge in [-0.1, -0.05) is 50.2 Å². The third kappa shape index (κ3) is 7.56. The van der Waals surface area contributed by atoms with Crippen LogP contribution in [0, 0.1) is 5.92 Å². The average Bonchev–Trinajstić information content (AvgIpc) is 3.31. The SMILES string of the molecule is CC(C)CN(C[C@@H](O)[C@H](Cc1ccccc1)NC(=O)OCc1cccnc1)S(=O)(=O)c1ccc2nc(N)[nH]c2c1. The van der Waals surface area contributed by atoms with Gasteiger partial charge in [0.05, 0.1) is 28.1 Å². The van der Waals surface area contributed by atoms with Gasteiger partial charge in [-0.3, -0.25) is 4.98 Å². The van der Waals surface area contributed by atoms with Crippen LogP contribution in [0.3, 0.4) is 0 Å². The Kier molecular flexibility index (Phi) is 9.35. The van der Waals surface area contributed by atoms with Crippen molar-refractivity contribution < 1.29 is 23.1 Å². The number of aliphatic hydroxyl groups is 1. The number of nitrogens with zero attached hydrogens (tertiary/aromatic N) is 3. The molecule has 0 saturated heterocycles. The van der Waals surface area contributed by atoms with Gasteiger partial charge in [0, 0.05) is 31.0 Å². The minimum absolute atomic E-state index is 0.00225. The van der Waals surface area contributed by atoms with E-state index in [-0.39, 0.29) is 42.9 Å². The summed E-state index contributed by atoms with van der Waals surface area (Å²) in [7, 11) is -4.02. The quantitative estimate of drug-likeness (QED) is 0.203. The summed E-state index contributed by atoms with van der Waals surface area (Å²) in [5.41, 5.74) is 8.33. The summed E-state index contributed by atoms with van der Waals surface area (Å²) >= 11 is 0. The number of carbonyl (C=O) groups is 1. The first kappa shape index (κ1) is 29.0. The summed E-state index contributed by atoms with van der Waals surface area (Å²) < 4.78 is 34.1. The van der Waals surface area contributed by atoms with Crippen molar-refractivity contribution in [2.45, 2.75) is 43.9 Å². The molecule has 0 aliphatic rings. The predicted molar refractivity (Wildman–Crippen MR) is 152 cm³/mol. The summed E-state index contributed by atoms with van der Waals surface area (Å²) in [6.45, 7) is 3.70. The second-order valence-electron chi connectivity index (χ2n) is 9.96. The van der Waals surface area contributed by atoms with E-state index in [4.69, 9.17) is 10.5 Å². The van der Waals surface area contributed by atoms with Gasteiger partial charge in [-0.2, -0.15) is 4.31 Å². The number of hydrogen-bond acceptors (Lipinski definition) is 8. The molecule has 0 spiro atoms. The molecule has 0 radical (unpaired) electrons. The molecule has 4 aromatic rings. The van der Waals surface area contributed by atoms with Crippen LogP contribution in [0.5, 0.6) is 0 Å². The number of ether oxygens (including phenoxy) is 1. The van der Waals surface area contributed by atoms with Crippen LogP contribution in [0.15, 0.2) is 78.0 Å². The minimum Gasteiger partial charge on any atom is -0.445 e. The van der Waals surface area contributed by atoms with Crippen molar-refractivity contribution in [1.29, 1.82) is 0 Å². The molecule has 0 unspecified atom stereocenters. The summed E-state index contributed by atoms with van der Waals surface area (Å²) in [5, 5.41) is 14.1. The number of aliphatic hydroxyl groups excluding tert-OH is 1. The first-order valence-electron chi connectivity index (χ1n) is 12.9. The van der Waals surface area contributed by atoms with Crippen LogP contribution in [-0.2, 0) is 27.8 Å². The number of alkyl carbamates (subject to hydrolysis) is 1. The van der Waals surface area contributed by atoms with E-state index in [1.54, 1.807) is 30.6 Å². The van der Waals surface area contributed by atoms with E-state index >= 15 is 0 Å². The number of aromatic nitrogens is 3. The van der Waals surface area contributed by atoms with Gasteiger partial charge < -0.3 is 25.9 Å². The van der Waals surface area contributed by atoms with Gasteiger partial charge >= 0.3 is 6.09 Å². The maximum Gasteiger partial charge on any atom is 0.407 e. The van der Waals surface area contributed by atoms with Crippen molar-refractivity contribution >= 4 is 33.1 Å². The number of hydrogen-bond donors (Lipinski definition) is 4. The largest absolute Gasteiger partial charge is 0.445 e. The Morgan fingerprint density at radius 2 is 1.85 bits per heavy atom. The van der Waals surface area contributed by atoms with Crippen molar-refractivity contribution in [2.24, 2.45) is 5.92 Å². The number of aromatic amines is 1. The van der Waals surface area contributed by atoms with E-state index < -0.39 is 28.3 Å². The Hall–Kier alpha value is -4.00. The van der Waals surface area contributed by atoms with Gasteiger partial charge in [-0.25, -0.2) is 18.2 Å². The standard InChI is InChI=1S/C28H34N6O5S/c1-19(2)16-34(40(37,38)22-10-11-23-24(14-22)32-27(29)31-23)17-26(35)25(13-20-7-4-3-5-8-20)33-28(36)39-18-21-9-6-12-30-15-21/h3-12,14-15,19,25-26,35H,13,16-18H2,1-2H3,(H,33,36)(H3,29,31,32)/t25-,26+/m0/s1. The zero-order valence-corrected chi connectivity index (χ0v) is 23.2. The summed E-state index contributed by atoms with van der Waals surface area (Å²) in [4.78, 5) is 23.7. The van der Waals surface area contributed by atoms with Crippen molar-refractivity contribution in [3.8, 4) is 0 Å². The third-order valence-corrected chi connectivity index (χ3v) is 8.06. The molecule has 0 saturated carbocycles. The van der Waals surface area contributed by atoms with Crippen LogP contribution in [0.1, 0.15) is 25.0 Å². The molecule has 0 aliphatic heterocycles. The summed E-state index contributed by atoms with van der Waals surface area (Å²) in [6.07, 6.45) is 1.50. The van der Waals surface area contributed by atoms with Gasteiger partial charge in [0.2, 0.25) is 10.0 Å². The number of sulfonamides is 1. The number of carbonyl (C=O) groups excluding carboxylic acids is 1. The molecule has 0 fully saturated rings. The third-order valence-electron chi connectivity index (χ3n) is 6.23. The Labute approximate surface area is 233 Å². The van der Waals surface area contributed by atoms with Gasteiger partial charge in [0.15, 0.2) is 5.95 Å². The molecule has 4 rings (SSSR count). The molecular formula is C28H34N6O5S. The number of benzene rings is 2. The fraction of sp³-hybridized carbons (Fsp3) is 0.321. The number of anilines is 1.